The van der Waals surface area contributed by atoms with Gasteiger partial charge in [0, 0.05) is 4.47 Å². The number of benzene rings is 1. The fourth-order valence-electron chi connectivity index (χ4n) is 1.54. The van der Waals surface area contributed by atoms with Crippen molar-refractivity contribution in [1.82, 2.24) is 0 Å². The molecule has 15 heavy (non-hydrogen) atoms. The van der Waals surface area contributed by atoms with Crippen molar-refractivity contribution in [3.8, 4) is 5.75 Å². The maximum atomic E-state index is 10.9. The zero-order valence-electron chi connectivity index (χ0n) is 8.03. The number of carboxylic acids is 1. The highest BCUT2D eigenvalue weighted by atomic mass is 79.9. The predicted octanol–water partition coefficient (Wildman–Crippen LogP) is 2.10. The van der Waals surface area contributed by atoms with E-state index in [1.807, 2.05) is 12.1 Å². The van der Waals surface area contributed by atoms with Gasteiger partial charge in [0.1, 0.15) is 5.75 Å². The molecule has 1 aliphatic heterocycles. The Morgan fingerprint density at radius 1 is 1.60 bits per heavy atom. The zero-order chi connectivity index (χ0) is 11.0. The van der Waals surface area contributed by atoms with Gasteiger partial charge >= 0.3 is 5.97 Å². The molecule has 0 radical (unpaired) electrons. The van der Waals surface area contributed by atoms with Crippen LogP contribution in [0.3, 0.4) is 0 Å². The first-order chi connectivity index (χ1) is 7.08. The second kappa shape index (κ2) is 3.73. The highest BCUT2D eigenvalue weighted by molar-refractivity contribution is 9.10. The van der Waals surface area contributed by atoms with Crippen LogP contribution in [0.25, 0.3) is 0 Å². The van der Waals surface area contributed by atoms with Gasteiger partial charge in [0.25, 0.3) is 0 Å². The number of anilines is 1. The highest BCUT2D eigenvalue weighted by Crippen LogP contribution is 2.33. The van der Waals surface area contributed by atoms with Crippen LogP contribution in [0.15, 0.2) is 22.7 Å². The number of rotatable bonds is 1. The molecule has 0 aliphatic carbocycles. The number of halogens is 1. The summed E-state index contributed by atoms with van der Waals surface area (Å²) in [6.07, 6.45) is -0.835. The molecule has 1 aromatic carbocycles. The molecule has 0 spiro atoms. The van der Waals surface area contributed by atoms with Crippen molar-refractivity contribution < 1.29 is 14.6 Å². The molecule has 2 N–H and O–H groups in total. The lowest BCUT2D eigenvalue weighted by molar-refractivity contribution is -0.145. The Balaban J connectivity index is 2.33. The van der Waals surface area contributed by atoms with Crippen LogP contribution >= 0.6 is 15.9 Å². The third-order valence-corrected chi connectivity index (χ3v) is 2.77. The first-order valence-corrected chi connectivity index (χ1v) is 5.33. The van der Waals surface area contributed by atoms with Gasteiger partial charge in [-0.3, -0.25) is 0 Å². The summed E-state index contributed by atoms with van der Waals surface area (Å²) in [6.45, 7) is 1.78. The average Bonchev–Trinajstić information content (AvgIpc) is 2.15. The largest absolute Gasteiger partial charge is 0.478 e. The molecule has 0 saturated heterocycles. The van der Waals surface area contributed by atoms with E-state index in [0.29, 0.717) is 5.75 Å². The van der Waals surface area contributed by atoms with Crippen molar-refractivity contribution in [3.63, 3.8) is 0 Å². The van der Waals surface area contributed by atoms with Gasteiger partial charge in [0.05, 0.1) is 11.7 Å². The third-order valence-electron chi connectivity index (χ3n) is 2.28. The Morgan fingerprint density at radius 2 is 2.33 bits per heavy atom. The molecule has 0 aromatic heterocycles. The van der Waals surface area contributed by atoms with E-state index >= 15 is 0 Å². The number of hydrogen-bond acceptors (Lipinski definition) is 3. The van der Waals surface area contributed by atoms with E-state index in [0.717, 1.165) is 10.2 Å². The van der Waals surface area contributed by atoms with Gasteiger partial charge in [-0.05, 0) is 25.1 Å². The van der Waals surface area contributed by atoms with Gasteiger partial charge in [-0.2, -0.15) is 0 Å². The lowest BCUT2D eigenvalue weighted by atomic mass is 10.1. The first kappa shape index (κ1) is 10.3. The van der Waals surface area contributed by atoms with Crippen molar-refractivity contribution >= 4 is 27.6 Å². The monoisotopic (exact) mass is 271 g/mol. The number of nitrogens with one attached hydrogen (secondary N) is 1. The lowest BCUT2D eigenvalue weighted by Crippen LogP contribution is -2.44. The molecule has 0 fully saturated rings. The number of ether oxygens (including phenoxy) is 1. The maximum Gasteiger partial charge on any atom is 0.347 e. The number of hydrogen-bond donors (Lipinski definition) is 2. The van der Waals surface area contributed by atoms with Crippen LogP contribution in [0.5, 0.6) is 5.75 Å². The topological polar surface area (TPSA) is 58.6 Å². The summed E-state index contributed by atoms with van der Waals surface area (Å²) >= 11 is 3.34. The summed E-state index contributed by atoms with van der Waals surface area (Å²) in [6, 6.07) is 5.18. The molecule has 0 saturated carbocycles. The minimum absolute atomic E-state index is 0.246. The molecule has 1 heterocycles. The average molecular weight is 272 g/mol. The molecule has 80 valence electrons. The van der Waals surface area contributed by atoms with Gasteiger partial charge in [0.2, 0.25) is 6.10 Å². The van der Waals surface area contributed by atoms with Crippen LogP contribution in [0.2, 0.25) is 0 Å². The fraction of sp³-hybridized carbons (Fsp3) is 0.300. The van der Waals surface area contributed by atoms with E-state index < -0.39 is 12.1 Å². The summed E-state index contributed by atoms with van der Waals surface area (Å²) < 4.78 is 6.31. The summed E-state index contributed by atoms with van der Waals surface area (Å²) in [5.41, 5.74) is 0.814. The molecule has 5 heteroatoms. The molecule has 4 nitrogen and oxygen atoms in total. The predicted molar refractivity (Wildman–Crippen MR) is 59.3 cm³/mol. The number of carbonyl (C=O) groups is 1. The standard InChI is InChI=1S/C10H10BrNO3/c1-5-9(10(13)14)15-8-3-2-6(11)4-7(8)12-5/h2-5,9,12H,1H3,(H,13,14). The second-order valence-electron chi connectivity index (χ2n) is 3.45. The minimum atomic E-state index is -0.955. The van der Waals surface area contributed by atoms with Crippen molar-refractivity contribution in [2.45, 2.75) is 19.1 Å². The molecular weight excluding hydrogens is 262 g/mol. The first-order valence-electron chi connectivity index (χ1n) is 4.53. The quantitative estimate of drug-likeness (QED) is 0.821. The Labute approximate surface area is 95.4 Å². The Morgan fingerprint density at radius 3 is 3.00 bits per heavy atom. The van der Waals surface area contributed by atoms with Crippen LogP contribution in [0, 0.1) is 0 Å². The van der Waals surface area contributed by atoms with Crippen molar-refractivity contribution in [2.24, 2.45) is 0 Å². The van der Waals surface area contributed by atoms with Gasteiger partial charge < -0.3 is 15.2 Å². The van der Waals surface area contributed by atoms with Gasteiger partial charge in [-0.25, -0.2) is 4.79 Å². The summed E-state index contributed by atoms with van der Waals surface area (Å²) in [5, 5.41) is 12.0. The normalized spacial score (nSPS) is 23.6. The summed E-state index contributed by atoms with van der Waals surface area (Å²) in [7, 11) is 0. The Hall–Kier alpha value is -1.23. The lowest BCUT2D eigenvalue weighted by Gasteiger charge is -2.30. The van der Waals surface area contributed by atoms with Crippen molar-refractivity contribution in [2.75, 3.05) is 5.32 Å². The third kappa shape index (κ3) is 1.92. The molecule has 2 rings (SSSR count). The number of carboxylic acid groups (broad SMARTS) is 1. The molecule has 0 bridgehead atoms. The van der Waals surface area contributed by atoms with Crippen molar-refractivity contribution in [3.05, 3.63) is 22.7 Å². The zero-order valence-corrected chi connectivity index (χ0v) is 9.61. The Kier molecular flexibility index (Phi) is 2.56. The molecule has 2 unspecified atom stereocenters. The maximum absolute atomic E-state index is 10.9. The fourth-order valence-corrected chi connectivity index (χ4v) is 1.90. The van der Waals surface area contributed by atoms with Gasteiger partial charge in [0.15, 0.2) is 0 Å². The molecule has 1 aliphatic rings. The molecule has 0 amide bonds. The van der Waals surface area contributed by atoms with E-state index in [2.05, 4.69) is 21.2 Å². The summed E-state index contributed by atoms with van der Waals surface area (Å²) in [4.78, 5) is 10.9. The SMILES string of the molecule is CC1Nc2cc(Br)ccc2OC1C(=O)O. The van der Waals surface area contributed by atoms with Crippen LogP contribution in [-0.4, -0.2) is 23.2 Å². The van der Waals surface area contributed by atoms with E-state index in [4.69, 9.17) is 9.84 Å². The minimum Gasteiger partial charge on any atom is -0.478 e. The molecule has 1 aromatic rings. The van der Waals surface area contributed by atoms with Crippen LogP contribution in [0.1, 0.15) is 6.92 Å². The number of aliphatic carboxylic acids is 1. The van der Waals surface area contributed by atoms with Crippen LogP contribution in [-0.2, 0) is 4.79 Å². The van der Waals surface area contributed by atoms with E-state index in [9.17, 15) is 4.79 Å². The second-order valence-corrected chi connectivity index (χ2v) is 4.37. The summed E-state index contributed by atoms with van der Waals surface area (Å²) in [5.74, 6) is -0.382. The van der Waals surface area contributed by atoms with Gasteiger partial charge in [-0.15, -0.1) is 0 Å². The van der Waals surface area contributed by atoms with Crippen LogP contribution < -0.4 is 10.1 Å². The Bertz CT molecular complexity index is 408. The number of fused-ring (bicyclic) bond motifs is 1. The van der Waals surface area contributed by atoms with E-state index in [1.54, 1.807) is 13.0 Å². The van der Waals surface area contributed by atoms with Crippen molar-refractivity contribution in [1.29, 1.82) is 0 Å². The highest BCUT2D eigenvalue weighted by Gasteiger charge is 2.31. The van der Waals surface area contributed by atoms with E-state index in [1.165, 1.54) is 0 Å². The molecule has 2 atom stereocenters. The molecular formula is C10H10BrNO3. The van der Waals surface area contributed by atoms with Gasteiger partial charge in [-0.1, -0.05) is 15.9 Å². The van der Waals surface area contributed by atoms with Crippen LogP contribution in [0.4, 0.5) is 5.69 Å². The smallest absolute Gasteiger partial charge is 0.347 e. The van der Waals surface area contributed by atoms with E-state index in [-0.39, 0.29) is 6.04 Å².